The quantitative estimate of drug-likeness (QED) is 0.837. The third kappa shape index (κ3) is 4.04. The minimum Gasteiger partial charge on any atom is -0.321 e. The van der Waals surface area contributed by atoms with Crippen LogP contribution in [0.5, 0.6) is 0 Å². The number of hydrogen-bond donors (Lipinski definition) is 1. The van der Waals surface area contributed by atoms with Gasteiger partial charge in [0.25, 0.3) is 5.91 Å². The molecule has 4 nitrogen and oxygen atoms in total. The van der Waals surface area contributed by atoms with Crippen LogP contribution in [0.3, 0.4) is 0 Å². The zero-order chi connectivity index (χ0) is 18.6. The second kappa shape index (κ2) is 7.74. The van der Waals surface area contributed by atoms with Gasteiger partial charge in [0.2, 0.25) is 9.84 Å². The smallest absolute Gasteiger partial charge is 0.321 e. The van der Waals surface area contributed by atoms with E-state index >= 15 is 0 Å². The maximum absolute atomic E-state index is 12.5. The molecule has 0 fully saturated rings. The van der Waals surface area contributed by atoms with E-state index in [2.05, 4.69) is 5.32 Å². The molecule has 0 radical (unpaired) electrons. The molecule has 0 unspecified atom stereocenters. The van der Waals surface area contributed by atoms with Gasteiger partial charge in [-0.25, -0.2) is 8.42 Å². The zero-order valence-corrected chi connectivity index (χ0v) is 14.7. The standard InChI is InChI=1S/C18H19F2NO3S/c1-3-12-6-5-7-13(4-2)16(12)21-17(22)14-8-10-15(11-9-14)25(23,24)18(19)20/h5-11,18H,3-4H2,1-2H3,(H,21,22). The van der Waals surface area contributed by atoms with Crippen molar-refractivity contribution in [1.29, 1.82) is 0 Å². The molecule has 134 valence electrons. The molecule has 2 rings (SSSR count). The van der Waals surface area contributed by atoms with Crippen LogP contribution in [0.1, 0.15) is 35.3 Å². The van der Waals surface area contributed by atoms with Crippen molar-refractivity contribution in [3.63, 3.8) is 0 Å². The van der Waals surface area contributed by atoms with Crippen molar-refractivity contribution < 1.29 is 22.0 Å². The van der Waals surface area contributed by atoms with Gasteiger partial charge in [-0.3, -0.25) is 4.79 Å². The average molecular weight is 367 g/mol. The number of nitrogens with one attached hydrogen (secondary N) is 1. The number of anilines is 1. The Morgan fingerprint density at radius 1 is 1.00 bits per heavy atom. The molecule has 1 amide bonds. The van der Waals surface area contributed by atoms with Crippen molar-refractivity contribution in [2.75, 3.05) is 5.32 Å². The lowest BCUT2D eigenvalue weighted by atomic mass is 10.0. The van der Waals surface area contributed by atoms with Gasteiger partial charge >= 0.3 is 5.76 Å². The van der Waals surface area contributed by atoms with E-state index in [1.807, 2.05) is 32.0 Å². The lowest BCUT2D eigenvalue weighted by Crippen LogP contribution is -2.16. The monoisotopic (exact) mass is 367 g/mol. The number of hydrogen-bond acceptors (Lipinski definition) is 3. The average Bonchev–Trinajstić information content (AvgIpc) is 2.61. The van der Waals surface area contributed by atoms with Crippen LogP contribution in [-0.4, -0.2) is 20.1 Å². The number of carbonyl (C=O) groups excluding carboxylic acids is 1. The first-order valence-corrected chi connectivity index (χ1v) is 9.40. The minimum atomic E-state index is -4.66. The number of rotatable bonds is 6. The number of benzene rings is 2. The van der Waals surface area contributed by atoms with Gasteiger partial charge in [-0.2, -0.15) is 8.78 Å². The second-order valence-corrected chi connectivity index (χ2v) is 7.36. The summed E-state index contributed by atoms with van der Waals surface area (Å²) >= 11 is 0. The van der Waals surface area contributed by atoms with Crippen LogP contribution in [-0.2, 0) is 22.7 Å². The van der Waals surface area contributed by atoms with E-state index in [1.165, 1.54) is 12.1 Å². The first-order chi connectivity index (χ1) is 11.8. The number of halogens is 2. The van der Waals surface area contributed by atoms with Gasteiger partial charge in [-0.15, -0.1) is 0 Å². The first kappa shape index (κ1) is 19.1. The minimum absolute atomic E-state index is 0.196. The Labute approximate surface area is 145 Å². The number of sulfone groups is 1. The molecule has 1 N–H and O–H groups in total. The lowest BCUT2D eigenvalue weighted by Gasteiger charge is -2.14. The maximum atomic E-state index is 12.5. The summed E-state index contributed by atoms with van der Waals surface area (Å²) in [5.41, 5.74) is 2.91. The van der Waals surface area contributed by atoms with Crippen molar-refractivity contribution in [3.8, 4) is 0 Å². The van der Waals surface area contributed by atoms with Crippen LogP contribution in [0.4, 0.5) is 14.5 Å². The van der Waals surface area contributed by atoms with E-state index in [4.69, 9.17) is 0 Å². The van der Waals surface area contributed by atoms with E-state index in [0.717, 1.165) is 41.8 Å². The van der Waals surface area contributed by atoms with Gasteiger partial charge in [-0.1, -0.05) is 32.0 Å². The Bertz CT molecular complexity index is 840. The summed E-state index contributed by atoms with van der Waals surface area (Å²) in [5.74, 6) is -3.91. The Balaban J connectivity index is 2.29. The number of para-hydroxylation sites is 1. The maximum Gasteiger partial charge on any atom is 0.341 e. The van der Waals surface area contributed by atoms with Gasteiger partial charge in [0.05, 0.1) is 4.90 Å². The first-order valence-electron chi connectivity index (χ1n) is 7.85. The summed E-state index contributed by atoms with van der Waals surface area (Å²) < 4.78 is 47.9. The molecule has 0 saturated carbocycles. The summed E-state index contributed by atoms with van der Waals surface area (Å²) in [5, 5.41) is 2.84. The highest BCUT2D eigenvalue weighted by molar-refractivity contribution is 7.91. The van der Waals surface area contributed by atoms with Gasteiger partial charge < -0.3 is 5.32 Å². The molecule has 2 aromatic carbocycles. The molecule has 2 aromatic rings. The molecule has 0 atom stereocenters. The summed E-state index contributed by atoms with van der Waals surface area (Å²) in [6.45, 7) is 3.96. The number of aryl methyl sites for hydroxylation is 2. The topological polar surface area (TPSA) is 63.2 Å². The van der Waals surface area contributed by atoms with E-state index in [1.54, 1.807) is 0 Å². The zero-order valence-electron chi connectivity index (χ0n) is 13.9. The molecule has 0 heterocycles. The Morgan fingerprint density at radius 2 is 1.52 bits per heavy atom. The highest BCUT2D eigenvalue weighted by Crippen LogP contribution is 2.24. The molecule has 0 aromatic heterocycles. The summed E-state index contributed by atoms with van der Waals surface area (Å²) in [6.07, 6.45) is 1.49. The summed E-state index contributed by atoms with van der Waals surface area (Å²) in [4.78, 5) is 11.9. The van der Waals surface area contributed by atoms with Crippen LogP contribution in [0.2, 0.25) is 0 Å². The Morgan fingerprint density at radius 3 is 1.96 bits per heavy atom. The fourth-order valence-electron chi connectivity index (χ4n) is 2.49. The molecule has 0 aliphatic rings. The van der Waals surface area contributed by atoms with Gasteiger partial charge in [-0.05, 0) is 48.2 Å². The molecular formula is C18H19F2NO3S. The van der Waals surface area contributed by atoms with E-state index in [0.29, 0.717) is 0 Å². The lowest BCUT2D eigenvalue weighted by molar-refractivity contribution is 0.102. The van der Waals surface area contributed by atoms with Crippen molar-refractivity contribution >= 4 is 21.4 Å². The molecular weight excluding hydrogens is 348 g/mol. The Kier molecular flexibility index (Phi) is 5.89. The predicted molar refractivity (Wildman–Crippen MR) is 92.8 cm³/mol. The SMILES string of the molecule is CCc1cccc(CC)c1NC(=O)c1ccc(S(=O)(=O)C(F)F)cc1. The summed E-state index contributed by atoms with van der Waals surface area (Å²) in [6, 6.07) is 10.3. The third-order valence-electron chi connectivity index (χ3n) is 3.92. The normalized spacial score (nSPS) is 11.6. The highest BCUT2D eigenvalue weighted by atomic mass is 32.2. The molecule has 0 aliphatic heterocycles. The van der Waals surface area contributed by atoms with Crippen LogP contribution >= 0.6 is 0 Å². The van der Waals surface area contributed by atoms with Crippen LogP contribution < -0.4 is 5.32 Å². The van der Waals surface area contributed by atoms with Crippen molar-refractivity contribution in [2.45, 2.75) is 37.3 Å². The number of alkyl halides is 2. The number of carbonyl (C=O) groups is 1. The van der Waals surface area contributed by atoms with E-state index in [9.17, 15) is 22.0 Å². The fraction of sp³-hybridized carbons (Fsp3) is 0.278. The molecule has 7 heteroatoms. The highest BCUT2D eigenvalue weighted by Gasteiger charge is 2.26. The Hall–Kier alpha value is -2.28. The van der Waals surface area contributed by atoms with E-state index in [-0.39, 0.29) is 5.56 Å². The van der Waals surface area contributed by atoms with E-state index < -0.39 is 26.4 Å². The van der Waals surface area contributed by atoms with Crippen LogP contribution in [0.15, 0.2) is 47.4 Å². The fourth-order valence-corrected chi connectivity index (χ4v) is 3.21. The van der Waals surface area contributed by atoms with Crippen LogP contribution in [0, 0.1) is 0 Å². The third-order valence-corrected chi connectivity index (χ3v) is 5.32. The summed E-state index contributed by atoms with van der Waals surface area (Å²) in [7, 11) is -4.66. The van der Waals surface area contributed by atoms with Crippen molar-refractivity contribution in [1.82, 2.24) is 0 Å². The van der Waals surface area contributed by atoms with Crippen molar-refractivity contribution in [2.24, 2.45) is 0 Å². The largest absolute Gasteiger partial charge is 0.341 e. The molecule has 0 aliphatic carbocycles. The van der Waals surface area contributed by atoms with Crippen LogP contribution in [0.25, 0.3) is 0 Å². The number of amides is 1. The molecule has 0 spiro atoms. The van der Waals surface area contributed by atoms with Gasteiger partial charge in [0.15, 0.2) is 0 Å². The van der Waals surface area contributed by atoms with Crippen molar-refractivity contribution in [3.05, 3.63) is 59.2 Å². The second-order valence-electron chi connectivity index (χ2n) is 5.44. The molecule has 25 heavy (non-hydrogen) atoms. The molecule has 0 bridgehead atoms. The van der Waals surface area contributed by atoms with Gasteiger partial charge in [0.1, 0.15) is 0 Å². The molecule has 0 saturated heterocycles. The van der Waals surface area contributed by atoms with Gasteiger partial charge in [0, 0.05) is 11.3 Å². The predicted octanol–water partition coefficient (Wildman–Crippen LogP) is 4.06.